The minimum absolute atomic E-state index is 0.0220. The predicted molar refractivity (Wildman–Crippen MR) is 128 cm³/mol. The van der Waals surface area contributed by atoms with Gasteiger partial charge in [0.2, 0.25) is 0 Å². The first-order valence-corrected chi connectivity index (χ1v) is 11.7. The highest BCUT2D eigenvalue weighted by Gasteiger charge is 2.23. The largest absolute Gasteiger partial charge is 0.454 e. The van der Waals surface area contributed by atoms with Gasteiger partial charge in [-0.15, -0.1) is 0 Å². The Labute approximate surface area is 200 Å². The topological polar surface area (TPSA) is 128 Å². The van der Waals surface area contributed by atoms with E-state index in [1.807, 2.05) is 18.2 Å². The molecule has 1 aliphatic rings. The minimum atomic E-state index is -0.352. The van der Waals surface area contributed by atoms with Crippen LogP contribution in [-0.2, 0) is 0 Å². The molecule has 0 unspecified atom stereocenters. The van der Waals surface area contributed by atoms with Gasteiger partial charge < -0.3 is 15.2 Å². The first-order chi connectivity index (χ1) is 16.6. The maximum atomic E-state index is 10.2. The minimum Gasteiger partial charge on any atom is -0.454 e. The second kappa shape index (κ2) is 9.44. The molecule has 3 heterocycles. The molecule has 0 amide bonds. The van der Waals surface area contributed by atoms with Crippen molar-refractivity contribution in [3.63, 3.8) is 0 Å². The van der Waals surface area contributed by atoms with E-state index in [1.165, 1.54) is 11.3 Å². The van der Waals surface area contributed by atoms with Crippen molar-refractivity contribution in [1.82, 2.24) is 15.0 Å². The van der Waals surface area contributed by atoms with Crippen molar-refractivity contribution in [2.45, 2.75) is 37.8 Å². The van der Waals surface area contributed by atoms with Crippen LogP contribution in [-0.4, -0.2) is 32.2 Å². The zero-order valence-electron chi connectivity index (χ0n) is 18.1. The average Bonchev–Trinajstić information content (AvgIpc) is 3.27. The summed E-state index contributed by atoms with van der Waals surface area (Å²) in [6, 6.07) is 14.8. The molecule has 3 aromatic heterocycles. The third-order valence-electron chi connectivity index (χ3n) is 5.80. The molecular weight excluding hydrogens is 448 g/mol. The van der Waals surface area contributed by atoms with E-state index in [4.69, 9.17) is 10.00 Å². The molecule has 168 valence electrons. The average molecular weight is 469 g/mol. The molecule has 1 fully saturated rings. The van der Waals surface area contributed by atoms with E-state index in [-0.39, 0.29) is 17.8 Å². The van der Waals surface area contributed by atoms with Crippen molar-refractivity contribution in [3.05, 3.63) is 60.2 Å². The third kappa shape index (κ3) is 4.53. The number of aliphatic hydroxyl groups excluding tert-OH is 1. The molecule has 4 aromatic rings. The lowest BCUT2D eigenvalue weighted by molar-refractivity contribution is 0.116. The van der Waals surface area contributed by atoms with Gasteiger partial charge in [-0.1, -0.05) is 24.2 Å². The summed E-state index contributed by atoms with van der Waals surface area (Å²) in [5.41, 5.74) is 2.82. The summed E-state index contributed by atoms with van der Waals surface area (Å²) >= 11 is 1.50. The number of hydrogen-bond donors (Lipinski definition) is 2. The van der Waals surface area contributed by atoms with Crippen LogP contribution in [0.1, 0.15) is 37.1 Å². The van der Waals surface area contributed by atoms with Crippen LogP contribution in [0.25, 0.3) is 21.3 Å². The van der Waals surface area contributed by atoms with Crippen molar-refractivity contribution < 1.29 is 9.84 Å². The maximum Gasteiger partial charge on any atom is 0.184 e. The number of nitriles is 2. The molecule has 0 saturated heterocycles. The number of anilines is 1. The fraction of sp³-hybridized carbons (Fsp3) is 0.240. The normalized spacial score (nSPS) is 17.6. The molecule has 2 atom stereocenters. The Morgan fingerprint density at radius 1 is 1.00 bits per heavy atom. The van der Waals surface area contributed by atoms with E-state index >= 15 is 0 Å². The highest BCUT2D eigenvalue weighted by atomic mass is 32.1. The zero-order chi connectivity index (χ0) is 23.5. The Bertz CT molecular complexity index is 1420. The van der Waals surface area contributed by atoms with Gasteiger partial charge in [-0.3, -0.25) is 0 Å². The molecule has 1 saturated carbocycles. The summed E-state index contributed by atoms with van der Waals surface area (Å²) in [6.45, 7) is 0. The van der Waals surface area contributed by atoms with Gasteiger partial charge >= 0.3 is 0 Å². The zero-order valence-corrected chi connectivity index (χ0v) is 18.9. The fourth-order valence-electron chi connectivity index (χ4n) is 3.99. The Morgan fingerprint density at radius 2 is 1.85 bits per heavy atom. The number of pyridine rings is 2. The molecule has 9 heteroatoms. The number of rotatable bonds is 5. The highest BCUT2D eigenvalue weighted by Crippen LogP contribution is 2.34. The number of thiazole rings is 1. The van der Waals surface area contributed by atoms with Gasteiger partial charge in [0.25, 0.3) is 0 Å². The van der Waals surface area contributed by atoms with Crippen LogP contribution in [0, 0.1) is 22.7 Å². The monoisotopic (exact) mass is 468 g/mol. The summed E-state index contributed by atoms with van der Waals surface area (Å²) in [5, 5.41) is 32.8. The Kier molecular flexibility index (Phi) is 6.05. The van der Waals surface area contributed by atoms with Gasteiger partial charge in [0, 0.05) is 29.6 Å². The van der Waals surface area contributed by atoms with Crippen molar-refractivity contribution >= 4 is 26.7 Å². The Hall–Kier alpha value is -4.05. The lowest BCUT2D eigenvalue weighted by atomic mass is 9.93. The lowest BCUT2D eigenvalue weighted by Crippen LogP contribution is -2.36. The van der Waals surface area contributed by atoms with Crippen LogP contribution in [0.4, 0.5) is 5.13 Å². The predicted octanol–water partition coefficient (Wildman–Crippen LogP) is 5.00. The Balaban J connectivity index is 1.39. The molecule has 8 nitrogen and oxygen atoms in total. The van der Waals surface area contributed by atoms with Crippen LogP contribution < -0.4 is 10.1 Å². The summed E-state index contributed by atoms with van der Waals surface area (Å²) < 4.78 is 6.99. The summed E-state index contributed by atoms with van der Waals surface area (Å²) in [7, 11) is 0. The van der Waals surface area contributed by atoms with Crippen LogP contribution in [0.5, 0.6) is 11.5 Å². The first kappa shape index (κ1) is 21.8. The molecule has 5 rings (SSSR count). The summed E-state index contributed by atoms with van der Waals surface area (Å²) in [4.78, 5) is 13.0. The number of ether oxygens (including phenoxy) is 1. The van der Waals surface area contributed by atoms with E-state index in [9.17, 15) is 10.4 Å². The molecule has 0 aliphatic heterocycles. The van der Waals surface area contributed by atoms with Gasteiger partial charge in [0.1, 0.15) is 23.6 Å². The van der Waals surface area contributed by atoms with Crippen LogP contribution in [0.3, 0.4) is 0 Å². The number of hydrogen-bond acceptors (Lipinski definition) is 9. The highest BCUT2D eigenvalue weighted by molar-refractivity contribution is 7.22. The second-order valence-corrected chi connectivity index (χ2v) is 9.11. The summed E-state index contributed by atoms with van der Waals surface area (Å²) in [6.07, 6.45) is 6.72. The number of nitrogens with zero attached hydrogens (tertiary/aromatic N) is 5. The number of fused-ring (bicyclic) bond motifs is 1. The molecule has 1 aliphatic carbocycles. The SMILES string of the molecule is N#Cc1ccc(-c2cnc(C#N)c(Oc3ccc4nc(N[C@@H]5CCCC[C@H]5O)sc4c3)c2)cn1. The van der Waals surface area contributed by atoms with Crippen molar-refractivity contribution in [3.8, 4) is 34.8 Å². The second-order valence-electron chi connectivity index (χ2n) is 8.08. The lowest BCUT2D eigenvalue weighted by Gasteiger charge is -2.27. The van der Waals surface area contributed by atoms with Crippen molar-refractivity contribution in [2.75, 3.05) is 5.32 Å². The third-order valence-corrected chi connectivity index (χ3v) is 6.75. The number of aromatic nitrogens is 3. The quantitative estimate of drug-likeness (QED) is 0.419. The van der Waals surface area contributed by atoms with Gasteiger partial charge in [0.05, 0.1) is 22.4 Å². The van der Waals surface area contributed by atoms with Crippen molar-refractivity contribution in [2.24, 2.45) is 0 Å². The smallest absolute Gasteiger partial charge is 0.184 e. The number of nitrogens with one attached hydrogen (secondary N) is 1. The standard InChI is InChI=1S/C25H20N6O2S/c26-11-17-6-5-15(13-28-17)16-9-23(21(12-27)29-14-16)33-18-7-8-20-24(10-18)34-25(31-20)30-19-3-1-2-4-22(19)32/h5-10,13-14,19,22,32H,1-4H2,(H,30,31)/t19-,22-/m1/s1. The van der Waals surface area contributed by atoms with E-state index in [0.717, 1.165) is 52.2 Å². The van der Waals surface area contributed by atoms with Crippen LogP contribution >= 0.6 is 11.3 Å². The molecule has 34 heavy (non-hydrogen) atoms. The van der Waals surface area contributed by atoms with Crippen LogP contribution in [0.2, 0.25) is 0 Å². The van der Waals surface area contributed by atoms with Crippen molar-refractivity contribution in [1.29, 1.82) is 10.5 Å². The van der Waals surface area contributed by atoms with Gasteiger partial charge in [-0.05, 0) is 43.2 Å². The molecule has 1 aromatic carbocycles. The molecule has 0 bridgehead atoms. The molecule has 0 spiro atoms. The fourth-order valence-corrected chi connectivity index (χ4v) is 4.95. The van der Waals surface area contributed by atoms with Gasteiger partial charge in [-0.25, -0.2) is 15.0 Å². The number of benzene rings is 1. The van der Waals surface area contributed by atoms with E-state index < -0.39 is 0 Å². The Morgan fingerprint density at radius 3 is 2.62 bits per heavy atom. The molecule has 0 radical (unpaired) electrons. The molecular formula is C25H20N6O2S. The summed E-state index contributed by atoms with van der Waals surface area (Å²) in [5.74, 6) is 0.894. The van der Waals surface area contributed by atoms with E-state index in [1.54, 1.807) is 36.7 Å². The first-order valence-electron chi connectivity index (χ1n) is 10.9. The van der Waals surface area contributed by atoms with Crippen LogP contribution in [0.15, 0.2) is 48.8 Å². The van der Waals surface area contributed by atoms with Gasteiger partial charge in [0.15, 0.2) is 16.6 Å². The number of aliphatic hydroxyl groups is 1. The maximum absolute atomic E-state index is 10.2. The van der Waals surface area contributed by atoms with E-state index in [2.05, 4.69) is 26.3 Å². The molecule has 2 N–H and O–H groups in total. The van der Waals surface area contributed by atoms with E-state index in [0.29, 0.717) is 17.2 Å². The van der Waals surface area contributed by atoms with Gasteiger partial charge in [-0.2, -0.15) is 10.5 Å².